The van der Waals surface area contributed by atoms with Crippen LogP contribution in [0.1, 0.15) is 16.1 Å². The van der Waals surface area contributed by atoms with Gasteiger partial charge < -0.3 is 15.2 Å². The van der Waals surface area contributed by atoms with Gasteiger partial charge in [0.15, 0.2) is 23.3 Å². The predicted molar refractivity (Wildman–Crippen MR) is 83.0 cm³/mol. The minimum absolute atomic E-state index is 0.147. The Hall–Kier alpha value is -3.36. The molecule has 2 aromatic heterocycles. The van der Waals surface area contributed by atoms with Gasteiger partial charge in [0.1, 0.15) is 5.76 Å². The van der Waals surface area contributed by atoms with E-state index in [1.807, 2.05) is 0 Å². The zero-order chi connectivity index (χ0) is 18.0. The molecule has 2 N–H and O–H groups in total. The normalized spacial score (nSPS) is 10.6. The van der Waals surface area contributed by atoms with Crippen molar-refractivity contribution in [2.24, 2.45) is 0 Å². The van der Waals surface area contributed by atoms with Gasteiger partial charge in [0.2, 0.25) is 0 Å². The van der Waals surface area contributed by atoms with E-state index in [9.17, 15) is 18.0 Å². The van der Waals surface area contributed by atoms with E-state index < -0.39 is 23.4 Å². The molecule has 0 unspecified atom stereocenters. The van der Waals surface area contributed by atoms with Crippen LogP contribution in [0, 0.1) is 24.4 Å². The highest BCUT2D eigenvalue weighted by atomic mass is 19.2. The fourth-order valence-corrected chi connectivity index (χ4v) is 2.02. The molecule has 0 aliphatic rings. The van der Waals surface area contributed by atoms with E-state index in [0.717, 1.165) is 12.1 Å². The number of pyridine rings is 1. The molecule has 25 heavy (non-hydrogen) atoms. The molecule has 0 bridgehead atoms. The number of nitrogens with zero attached hydrogens (tertiary/aromatic N) is 2. The Morgan fingerprint density at radius 1 is 1.12 bits per heavy atom. The summed E-state index contributed by atoms with van der Waals surface area (Å²) >= 11 is 0. The van der Waals surface area contributed by atoms with E-state index in [4.69, 9.17) is 4.52 Å². The average Bonchev–Trinajstić information content (AvgIpc) is 3.00. The number of aryl methyl sites for hydroxylation is 1. The number of benzene rings is 1. The van der Waals surface area contributed by atoms with Crippen LogP contribution >= 0.6 is 0 Å². The lowest BCUT2D eigenvalue weighted by atomic mass is 10.2. The number of nitrogens with one attached hydrogen (secondary N) is 2. The van der Waals surface area contributed by atoms with Crippen molar-refractivity contribution >= 4 is 23.1 Å². The summed E-state index contributed by atoms with van der Waals surface area (Å²) in [4.78, 5) is 16.0. The Kier molecular flexibility index (Phi) is 4.38. The summed E-state index contributed by atoms with van der Waals surface area (Å²) in [6.07, 6.45) is 2.59. The number of amides is 1. The van der Waals surface area contributed by atoms with E-state index >= 15 is 0 Å². The Bertz CT molecular complexity index is 943. The van der Waals surface area contributed by atoms with Gasteiger partial charge in [0, 0.05) is 12.3 Å². The number of hydrogen-bond donors (Lipinski definition) is 2. The first kappa shape index (κ1) is 16.5. The molecule has 1 amide bonds. The van der Waals surface area contributed by atoms with Crippen molar-refractivity contribution in [1.29, 1.82) is 0 Å². The van der Waals surface area contributed by atoms with Crippen molar-refractivity contribution in [3.8, 4) is 0 Å². The maximum Gasteiger partial charge on any atom is 0.258 e. The van der Waals surface area contributed by atoms with Crippen LogP contribution in [0.2, 0.25) is 0 Å². The second-order valence-corrected chi connectivity index (χ2v) is 5.09. The standard InChI is InChI=1S/C16H11F3N4O2/c1-8-4-13(23-25-8)22-16(24)9-5-10(7-20-6-9)21-12-3-2-11(17)14(18)15(12)19/h2-7,21H,1H3,(H,22,23,24). The van der Waals surface area contributed by atoms with Crippen LogP contribution in [0.3, 0.4) is 0 Å². The number of carbonyl (C=O) groups excluding carboxylic acids is 1. The smallest absolute Gasteiger partial charge is 0.258 e. The lowest BCUT2D eigenvalue weighted by Gasteiger charge is -2.09. The third-order valence-corrected chi connectivity index (χ3v) is 3.18. The summed E-state index contributed by atoms with van der Waals surface area (Å²) in [5.74, 6) is -4.02. The van der Waals surface area contributed by atoms with Crippen molar-refractivity contribution in [3.05, 3.63) is 65.4 Å². The first-order valence-electron chi connectivity index (χ1n) is 7.04. The highest BCUT2D eigenvalue weighted by Crippen LogP contribution is 2.23. The van der Waals surface area contributed by atoms with Crippen molar-refractivity contribution in [1.82, 2.24) is 10.1 Å². The van der Waals surface area contributed by atoms with Gasteiger partial charge in [-0.05, 0) is 25.1 Å². The highest BCUT2D eigenvalue weighted by molar-refractivity contribution is 6.04. The van der Waals surface area contributed by atoms with Crippen LogP contribution in [0.4, 0.5) is 30.4 Å². The largest absolute Gasteiger partial charge is 0.360 e. The van der Waals surface area contributed by atoms with Crippen LogP contribution in [0.15, 0.2) is 41.2 Å². The summed E-state index contributed by atoms with van der Waals surface area (Å²) in [5, 5.41) is 8.68. The first-order chi connectivity index (χ1) is 11.9. The average molecular weight is 348 g/mol. The minimum Gasteiger partial charge on any atom is -0.360 e. The van der Waals surface area contributed by atoms with Crippen LogP contribution in [-0.2, 0) is 0 Å². The zero-order valence-corrected chi connectivity index (χ0v) is 12.8. The van der Waals surface area contributed by atoms with Crippen molar-refractivity contribution in [2.45, 2.75) is 6.92 Å². The monoisotopic (exact) mass is 348 g/mol. The molecular weight excluding hydrogens is 337 g/mol. The molecule has 9 heteroatoms. The topological polar surface area (TPSA) is 80.0 Å². The highest BCUT2D eigenvalue weighted by Gasteiger charge is 2.15. The van der Waals surface area contributed by atoms with Gasteiger partial charge >= 0.3 is 0 Å². The van der Waals surface area contributed by atoms with Gasteiger partial charge in [-0.1, -0.05) is 5.16 Å². The molecular formula is C16H11F3N4O2. The fraction of sp³-hybridized carbons (Fsp3) is 0.0625. The molecule has 0 saturated heterocycles. The Morgan fingerprint density at radius 2 is 1.92 bits per heavy atom. The quantitative estimate of drug-likeness (QED) is 0.701. The van der Waals surface area contributed by atoms with E-state index in [-0.39, 0.29) is 22.8 Å². The van der Waals surface area contributed by atoms with Crippen molar-refractivity contribution in [2.75, 3.05) is 10.6 Å². The lowest BCUT2D eigenvalue weighted by molar-refractivity contribution is 0.102. The van der Waals surface area contributed by atoms with Gasteiger partial charge in [0.25, 0.3) is 5.91 Å². The minimum atomic E-state index is -1.59. The summed E-state index contributed by atoms with van der Waals surface area (Å²) < 4.78 is 44.8. The molecule has 3 aromatic rings. The lowest BCUT2D eigenvalue weighted by Crippen LogP contribution is -2.12. The Balaban J connectivity index is 1.79. The molecule has 1 aromatic carbocycles. The van der Waals surface area contributed by atoms with Crippen LogP contribution < -0.4 is 10.6 Å². The molecule has 3 rings (SSSR count). The van der Waals surface area contributed by atoms with Crippen LogP contribution in [0.5, 0.6) is 0 Å². The molecule has 0 atom stereocenters. The van der Waals surface area contributed by atoms with Crippen molar-refractivity contribution in [3.63, 3.8) is 0 Å². The van der Waals surface area contributed by atoms with E-state index in [1.165, 1.54) is 24.5 Å². The van der Waals surface area contributed by atoms with Crippen molar-refractivity contribution < 1.29 is 22.5 Å². The third-order valence-electron chi connectivity index (χ3n) is 3.18. The zero-order valence-electron chi connectivity index (χ0n) is 12.8. The third kappa shape index (κ3) is 3.60. The first-order valence-corrected chi connectivity index (χ1v) is 7.04. The molecule has 0 aliphatic heterocycles. The number of anilines is 3. The molecule has 0 fully saturated rings. The van der Waals surface area contributed by atoms with Gasteiger partial charge in [0.05, 0.1) is 23.1 Å². The molecule has 6 nitrogen and oxygen atoms in total. The van der Waals surface area contributed by atoms with Gasteiger partial charge in [-0.15, -0.1) is 0 Å². The second kappa shape index (κ2) is 6.63. The van der Waals surface area contributed by atoms with Gasteiger partial charge in [-0.3, -0.25) is 9.78 Å². The van der Waals surface area contributed by atoms with Crippen LogP contribution in [-0.4, -0.2) is 16.0 Å². The number of rotatable bonds is 4. The summed E-state index contributed by atoms with van der Waals surface area (Å²) in [6, 6.07) is 4.73. The summed E-state index contributed by atoms with van der Waals surface area (Å²) in [5.41, 5.74) is 0.0768. The predicted octanol–water partition coefficient (Wildman–Crippen LogP) is 3.79. The van der Waals surface area contributed by atoms with Crippen LogP contribution in [0.25, 0.3) is 0 Å². The second-order valence-electron chi connectivity index (χ2n) is 5.09. The summed E-state index contributed by atoms with van der Waals surface area (Å²) in [7, 11) is 0. The maximum atomic E-state index is 13.7. The Morgan fingerprint density at radius 3 is 2.64 bits per heavy atom. The number of aromatic nitrogens is 2. The molecule has 0 saturated carbocycles. The van der Waals surface area contributed by atoms with E-state index in [1.54, 1.807) is 6.92 Å². The van der Waals surface area contributed by atoms with E-state index in [2.05, 4.69) is 20.8 Å². The van der Waals surface area contributed by atoms with E-state index in [0.29, 0.717) is 5.76 Å². The SMILES string of the molecule is Cc1cc(NC(=O)c2cncc(Nc3ccc(F)c(F)c3F)c2)no1. The number of halogens is 3. The fourth-order valence-electron chi connectivity index (χ4n) is 2.02. The van der Waals surface area contributed by atoms with Gasteiger partial charge in [-0.25, -0.2) is 13.2 Å². The molecule has 128 valence electrons. The molecule has 0 radical (unpaired) electrons. The Labute approximate surface area is 139 Å². The molecule has 2 heterocycles. The molecule has 0 spiro atoms. The molecule has 0 aliphatic carbocycles. The number of hydrogen-bond acceptors (Lipinski definition) is 5. The maximum absolute atomic E-state index is 13.7. The van der Waals surface area contributed by atoms with Gasteiger partial charge in [-0.2, -0.15) is 0 Å². The summed E-state index contributed by atoms with van der Waals surface area (Å²) in [6.45, 7) is 1.67. The number of carbonyl (C=O) groups is 1.